The zero-order valence-electron chi connectivity index (χ0n) is 17.1. The number of urea groups is 1. The van der Waals surface area contributed by atoms with Crippen LogP contribution < -0.4 is 16.1 Å². The van der Waals surface area contributed by atoms with E-state index >= 15 is 0 Å². The lowest BCUT2D eigenvalue weighted by atomic mass is 9.97. The van der Waals surface area contributed by atoms with Crippen LogP contribution in [0.1, 0.15) is 17.2 Å². The predicted octanol–water partition coefficient (Wildman–Crippen LogP) is 4.17. The van der Waals surface area contributed by atoms with Gasteiger partial charge in [-0.2, -0.15) is 5.10 Å². The van der Waals surface area contributed by atoms with E-state index in [1.807, 2.05) is 66.7 Å². The maximum Gasteiger partial charge on any atom is 0.325 e. The van der Waals surface area contributed by atoms with E-state index in [0.717, 1.165) is 16.8 Å². The smallest absolute Gasteiger partial charge is 0.308 e. The molecule has 3 amide bonds. The summed E-state index contributed by atoms with van der Waals surface area (Å²) in [5.41, 5.74) is 6.31. The molecule has 0 bridgehead atoms. The number of imide groups is 1. The number of carbonyl (C=O) groups excluding carboxylic acids is 2. The molecule has 32 heavy (non-hydrogen) atoms. The van der Waals surface area contributed by atoms with Crippen molar-refractivity contribution in [2.24, 2.45) is 10.1 Å². The Morgan fingerprint density at radius 2 is 1.50 bits per heavy atom. The van der Waals surface area contributed by atoms with Crippen LogP contribution in [0.5, 0.6) is 0 Å². The van der Waals surface area contributed by atoms with Crippen molar-refractivity contribution in [1.29, 1.82) is 0 Å². The number of amides is 3. The van der Waals surface area contributed by atoms with Crippen molar-refractivity contribution < 1.29 is 9.59 Å². The molecule has 3 aromatic carbocycles. The quantitative estimate of drug-likeness (QED) is 0.552. The van der Waals surface area contributed by atoms with Crippen molar-refractivity contribution in [2.75, 3.05) is 11.1 Å². The molecule has 0 aromatic heterocycles. The molecule has 0 fully saturated rings. The summed E-state index contributed by atoms with van der Waals surface area (Å²) in [6.45, 7) is 0. The molecule has 0 aliphatic carbocycles. The van der Waals surface area contributed by atoms with E-state index in [-0.39, 0.29) is 11.8 Å². The monoisotopic (exact) mass is 443 g/mol. The van der Waals surface area contributed by atoms with Gasteiger partial charge < -0.3 is 5.32 Å². The Kier molecular flexibility index (Phi) is 6.94. The molecule has 160 valence electrons. The molecule has 3 aromatic rings. The maximum absolute atomic E-state index is 12.2. The summed E-state index contributed by atoms with van der Waals surface area (Å²) in [7, 11) is 0. The van der Waals surface area contributed by atoms with Gasteiger partial charge in [0.1, 0.15) is 6.04 Å². The molecule has 1 atom stereocenters. The number of anilines is 1. The minimum atomic E-state index is -0.577. The number of nitrogens with one attached hydrogen (secondary N) is 3. The average molecular weight is 444 g/mol. The number of nitrogens with zero attached hydrogens (tertiary/aromatic N) is 2. The van der Waals surface area contributed by atoms with Gasteiger partial charge in [0.05, 0.1) is 11.5 Å². The van der Waals surface area contributed by atoms with Crippen LogP contribution in [-0.4, -0.2) is 28.6 Å². The third-order valence-electron chi connectivity index (χ3n) is 4.59. The Balaban J connectivity index is 1.40. The minimum Gasteiger partial charge on any atom is -0.308 e. The van der Waals surface area contributed by atoms with Gasteiger partial charge >= 0.3 is 6.03 Å². The van der Waals surface area contributed by atoms with Crippen molar-refractivity contribution in [1.82, 2.24) is 10.7 Å². The van der Waals surface area contributed by atoms with Gasteiger partial charge in [-0.05, 0) is 17.7 Å². The van der Waals surface area contributed by atoms with E-state index in [0.29, 0.717) is 10.9 Å². The first-order valence-corrected chi connectivity index (χ1v) is 11.0. The third-order valence-corrected chi connectivity index (χ3v) is 5.46. The molecule has 4 rings (SSSR count). The highest BCUT2D eigenvalue weighted by Gasteiger charge is 2.24. The number of thioether (sulfide) groups is 1. The number of hydrogen-bond donors (Lipinski definition) is 3. The number of benzene rings is 3. The minimum absolute atomic E-state index is 0.0196. The van der Waals surface area contributed by atoms with Gasteiger partial charge in [0, 0.05) is 11.3 Å². The normalized spacial score (nSPS) is 15.1. The summed E-state index contributed by atoms with van der Waals surface area (Å²) in [4.78, 5) is 29.0. The van der Waals surface area contributed by atoms with Crippen LogP contribution in [0, 0.1) is 0 Å². The Morgan fingerprint density at radius 1 is 0.875 bits per heavy atom. The largest absolute Gasteiger partial charge is 0.325 e. The molecule has 1 aliphatic rings. The van der Waals surface area contributed by atoms with Crippen molar-refractivity contribution in [2.45, 2.75) is 6.04 Å². The second kappa shape index (κ2) is 10.4. The van der Waals surface area contributed by atoms with Gasteiger partial charge in [-0.25, -0.2) is 9.79 Å². The van der Waals surface area contributed by atoms with E-state index in [9.17, 15) is 9.59 Å². The highest BCUT2D eigenvalue weighted by atomic mass is 32.2. The number of aliphatic imine (C=N–C) groups is 1. The fourth-order valence-electron chi connectivity index (χ4n) is 3.13. The molecule has 0 saturated heterocycles. The fraction of sp³-hybridized carbons (Fsp3) is 0.0833. The van der Waals surface area contributed by atoms with Crippen LogP contribution in [0.4, 0.5) is 10.5 Å². The fourth-order valence-corrected chi connectivity index (χ4v) is 3.76. The Hall–Kier alpha value is -3.91. The highest BCUT2D eigenvalue weighted by molar-refractivity contribution is 8.14. The lowest BCUT2D eigenvalue weighted by molar-refractivity contribution is -0.117. The highest BCUT2D eigenvalue weighted by Crippen LogP contribution is 2.26. The number of para-hydroxylation sites is 1. The van der Waals surface area contributed by atoms with Crippen LogP contribution >= 0.6 is 11.8 Å². The standard InChI is InChI=1S/C24H21N5O2S/c30-20(26-23(31)25-19-14-8-3-9-15-19)16-32-24-27-21(17-10-4-1-5-11-17)22(28-29-24)18-12-6-2-7-13-18/h1-15,21H,16H2,(H,27,29)(H2,25,26,30,31)/t21-/m0/s1. The topological polar surface area (TPSA) is 94.9 Å². The van der Waals surface area contributed by atoms with Crippen LogP contribution in [0.25, 0.3) is 0 Å². The average Bonchev–Trinajstić information content (AvgIpc) is 2.84. The summed E-state index contributed by atoms with van der Waals surface area (Å²) in [6.07, 6.45) is 0. The van der Waals surface area contributed by atoms with E-state index in [2.05, 4.69) is 21.2 Å². The number of hydrogen-bond acceptors (Lipinski definition) is 6. The zero-order valence-corrected chi connectivity index (χ0v) is 17.9. The first kappa shape index (κ1) is 21.3. The van der Waals surface area contributed by atoms with Crippen molar-refractivity contribution in [3.8, 4) is 0 Å². The van der Waals surface area contributed by atoms with E-state index < -0.39 is 11.9 Å². The van der Waals surface area contributed by atoms with Crippen LogP contribution in [0.3, 0.4) is 0 Å². The first-order valence-electron chi connectivity index (χ1n) is 9.99. The SMILES string of the molecule is O=C(CSC1=N[C@@H](c2ccccc2)C(c2ccccc2)=NN1)NC(=O)Nc1ccccc1. The number of carbonyl (C=O) groups is 2. The van der Waals surface area contributed by atoms with Gasteiger partial charge in [-0.3, -0.25) is 15.5 Å². The van der Waals surface area contributed by atoms with Gasteiger partial charge in [0.25, 0.3) is 0 Å². The molecule has 8 heteroatoms. The molecular formula is C24H21N5O2S. The summed E-state index contributed by atoms with van der Waals surface area (Å²) in [6, 6.07) is 27.8. The lowest BCUT2D eigenvalue weighted by Crippen LogP contribution is -2.36. The van der Waals surface area contributed by atoms with E-state index in [4.69, 9.17) is 4.99 Å². The number of rotatable bonds is 5. The lowest BCUT2D eigenvalue weighted by Gasteiger charge is -2.22. The first-order chi connectivity index (χ1) is 15.7. The number of amidine groups is 1. The van der Waals surface area contributed by atoms with Crippen LogP contribution in [0.2, 0.25) is 0 Å². The van der Waals surface area contributed by atoms with Crippen LogP contribution in [-0.2, 0) is 4.79 Å². The second-order valence-electron chi connectivity index (χ2n) is 6.88. The Labute approximate surface area is 190 Å². The van der Waals surface area contributed by atoms with Crippen molar-refractivity contribution in [3.63, 3.8) is 0 Å². The summed E-state index contributed by atoms with van der Waals surface area (Å²) in [5.74, 6) is -0.409. The van der Waals surface area contributed by atoms with Crippen molar-refractivity contribution in [3.05, 3.63) is 102 Å². The molecule has 3 N–H and O–H groups in total. The third kappa shape index (κ3) is 5.61. The predicted molar refractivity (Wildman–Crippen MR) is 129 cm³/mol. The number of hydrazone groups is 1. The second-order valence-corrected chi connectivity index (χ2v) is 7.84. The van der Waals surface area contributed by atoms with E-state index in [1.165, 1.54) is 11.8 Å². The van der Waals surface area contributed by atoms with Gasteiger partial charge in [0.2, 0.25) is 5.91 Å². The Morgan fingerprint density at radius 3 is 2.19 bits per heavy atom. The Bertz CT molecular complexity index is 1130. The summed E-state index contributed by atoms with van der Waals surface area (Å²) >= 11 is 1.19. The van der Waals surface area contributed by atoms with Crippen molar-refractivity contribution >= 4 is 40.3 Å². The van der Waals surface area contributed by atoms with Gasteiger partial charge in [-0.1, -0.05) is 90.6 Å². The molecule has 0 radical (unpaired) electrons. The summed E-state index contributed by atoms with van der Waals surface area (Å²) in [5, 5.41) is 9.98. The van der Waals surface area contributed by atoms with Gasteiger partial charge in [-0.15, -0.1) is 0 Å². The molecular weight excluding hydrogens is 422 g/mol. The molecule has 1 aliphatic heterocycles. The summed E-state index contributed by atoms with van der Waals surface area (Å²) < 4.78 is 0. The molecule has 1 heterocycles. The zero-order chi connectivity index (χ0) is 22.2. The molecule has 0 unspecified atom stereocenters. The van der Waals surface area contributed by atoms with Crippen LogP contribution in [0.15, 0.2) is 101 Å². The van der Waals surface area contributed by atoms with Gasteiger partial charge in [0.15, 0.2) is 5.17 Å². The van der Waals surface area contributed by atoms with E-state index in [1.54, 1.807) is 24.3 Å². The molecule has 7 nitrogen and oxygen atoms in total. The maximum atomic E-state index is 12.2. The molecule has 0 saturated carbocycles. The molecule has 0 spiro atoms.